The van der Waals surface area contributed by atoms with E-state index < -0.39 is 0 Å². The minimum Gasteiger partial charge on any atom is -0.300 e. The molecule has 0 heterocycles. The molecule has 2 rings (SSSR count). The smallest absolute Gasteiger partial charge is 0.133 e. The lowest BCUT2D eigenvalue weighted by atomic mass is 9.67. The summed E-state index contributed by atoms with van der Waals surface area (Å²) in [5, 5.41) is 0. The predicted molar refractivity (Wildman–Crippen MR) is 58.1 cm³/mol. The molecule has 0 aliphatic heterocycles. The molecule has 80 valence electrons. The Kier molecular flexibility index (Phi) is 3.25. The highest BCUT2D eigenvalue weighted by molar-refractivity contribution is 5.84. The lowest BCUT2D eigenvalue weighted by Crippen LogP contribution is -2.32. The van der Waals surface area contributed by atoms with Crippen molar-refractivity contribution in [2.24, 2.45) is 17.8 Å². The summed E-state index contributed by atoms with van der Waals surface area (Å²) in [6.07, 6.45) is 10.3. The van der Waals surface area contributed by atoms with Crippen molar-refractivity contribution < 1.29 is 4.79 Å². The lowest BCUT2D eigenvalue weighted by molar-refractivity contribution is -0.128. The van der Waals surface area contributed by atoms with E-state index in [4.69, 9.17) is 0 Å². The van der Waals surface area contributed by atoms with Crippen LogP contribution in [-0.4, -0.2) is 5.78 Å². The summed E-state index contributed by atoms with van der Waals surface area (Å²) in [5.41, 5.74) is 0. The fourth-order valence-corrected chi connectivity index (χ4v) is 3.21. The van der Waals surface area contributed by atoms with Gasteiger partial charge in [0.05, 0.1) is 0 Å². The van der Waals surface area contributed by atoms with E-state index in [0.29, 0.717) is 5.78 Å². The zero-order chi connectivity index (χ0) is 9.97. The number of hydrogen-bond donors (Lipinski definition) is 0. The number of ketones is 1. The van der Waals surface area contributed by atoms with Gasteiger partial charge in [0.15, 0.2) is 0 Å². The largest absolute Gasteiger partial charge is 0.300 e. The molecule has 14 heavy (non-hydrogen) atoms. The fraction of sp³-hybridized carbons (Fsp3) is 0.923. The third-order valence-corrected chi connectivity index (χ3v) is 4.23. The van der Waals surface area contributed by atoms with E-state index in [0.717, 1.165) is 30.6 Å². The van der Waals surface area contributed by atoms with E-state index in [9.17, 15) is 4.79 Å². The summed E-state index contributed by atoms with van der Waals surface area (Å²) >= 11 is 0. The van der Waals surface area contributed by atoms with Crippen LogP contribution < -0.4 is 0 Å². The predicted octanol–water partition coefficient (Wildman–Crippen LogP) is 3.57. The van der Waals surface area contributed by atoms with Crippen LogP contribution >= 0.6 is 0 Å². The minimum absolute atomic E-state index is 0.505. The number of hydrogen-bond acceptors (Lipinski definition) is 1. The number of carbonyl (C=O) groups excluding carboxylic acids is 1. The first-order chi connectivity index (χ1) is 6.79. The Labute approximate surface area is 87.3 Å². The van der Waals surface area contributed by atoms with Crippen LogP contribution in [0.15, 0.2) is 0 Å². The van der Waals surface area contributed by atoms with Crippen LogP contribution in [0.4, 0.5) is 0 Å². The van der Waals surface area contributed by atoms with Gasteiger partial charge in [0, 0.05) is 12.8 Å². The third-order valence-electron chi connectivity index (χ3n) is 4.23. The quantitative estimate of drug-likeness (QED) is 0.671. The first kappa shape index (κ1) is 10.2. The molecule has 0 unspecified atom stereocenters. The Balaban J connectivity index is 1.70. The van der Waals surface area contributed by atoms with E-state index in [2.05, 4.69) is 6.92 Å². The summed E-state index contributed by atoms with van der Waals surface area (Å²) in [4.78, 5) is 10.9. The molecule has 0 aromatic heterocycles. The molecule has 2 saturated carbocycles. The second-order valence-corrected chi connectivity index (χ2v) is 5.28. The van der Waals surface area contributed by atoms with E-state index in [1.54, 1.807) is 0 Å². The standard InChI is InChI=1S/C13H22O/c1-2-3-10-4-6-11(7-5-10)12-8-13(14)9-12/h10-12H,2-9H2,1H3. The second kappa shape index (κ2) is 4.46. The van der Waals surface area contributed by atoms with Crippen LogP contribution in [0.25, 0.3) is 0 Å². The molecule has 0 atom stereocenters. The Morgan fingerprint density at radius 2 is 1.71 bits per heavy atom. The van der Waals surface area contributed by atoms with Gasteiger partial charge < -0.3 is 0 Å². The molecular weight excluding hydrogens is 172 g/mol. The first-order valence-corrected chi connectivity index (χ1v) is 6.31. The van der Waals surface area contributed by atoms with Crippen molar-refractivity contribution in [2.75, 3.05) is 0 Å². The molecule has 2 aliphatic rings. The molecule has 0 spiro atoms. The van der Waals surface area contributed by atoms with Gasteiger partial charge >= 0.3 is 0 Å². The Hall–Kier alpha value is -0.330. The van der Waals surface area contributed by atoms with E-state index in [-0.39, 0.29) is 0 Å². The van der Waals surface area contributed by atoms with Crippen molar-refractivity contribution >= 4 is 5.78 Å². The molecule has 0 radical (unpaired) electrons. The molecule has 0 aromatic carbocycles. The van der Waals surface area contributed by atoms with Gasteiger partial charge in [-0.3, -0.25) is 4.79 Å². The van der Waals surface area contributed by atoms with Crippen molar-refractivity contribution in [2.45, 2.75) is 58.3 Å². The van der Waals surface area contributed by atoms with Gasteiger partial charge in [0.25, 0.3) is 0 Å². The molecule has 2 aliphatic carbocycles. The molecule has 2 fully saturated rings. The first-order valence-electron chi connectivity index (χ1n) is 6.31. The van der Waals surface area contributed by atoms with Crippen molar-refractivity contribution in [3.05, 3.63) is 0 Å². The van der Waals surface area contributed by atoms with Crippen molar-refractivity contribution in [3.8, 4) is 0 Å². The maximum Gasteiger partial charge on any atom is 0.133 e. The monoisotopic (exact) mass is 194 g/mol. The minimum atomic E-state index is 0.505. The molecule has 0 aromatic rings. The molecule has 0 amide bonds. The average molecular weight is 194 g/mol. The Morgan fingerprint density at radius 3 is 2.21 bits per heavy atom. The number of Topliss-reactive ketones (excluding diaryl/α,β-unsaturated/α-hetero) is 1. The van der Waals surface area contributed by atoms with Gasteiger partial charge in [-0.15, -0.1) is 0 Å². The Morgan fingerprint density at radius 1 is 1.07 bits per heavy atom. The van der Waals surface area contributed by atoms with Crippen LogP contribution in [0.3, 0.4) is 0 Å². The number of carbonyl (C=O) groups is 1. The molecule has 1 nitrogen and oxygen atoms in total. The lowest BCUT2D eigenvalue weighted by Gasteiger charge is -2.37. The van der Waals surface area contributed by atoms with E-state index in [1.165, 1.54) is 38.5 Å². The number of rotatable bonds is 3. The molecule has 0 bridgehead atoms. The van der Waals surface area contributed by atoms with Gasteiger partial charge in [0.2, 0.25) is 0 Å². The summed E-state index contributed by atoms with van der Waals surface area (Å²) in [6, 6.07) is 0. The van der Waals surface area contributed by atoms with Crippen molar-refractivity contribution in [1.82, 2.24) is 0 Å². The summed E-state index contributed by atoms with van der Waals surface area (Å²) in [6.45, 7) is 2.29. The fourth-order valence-electron chi connectivity index (χ4n) is 3.21. The van der Waals surface area contributed by atoms with Gasteiger partial charge in [-0.2, -0.15) is 0 Å². The summed E-state index contributed by atoms with van der Waals surface area (Å²) in [5.74, 6) is 3.20. The topological polar surface area (TPSA) is 17.1 Å². The Bertz CT molecular complexity index is 193. The molecule has 1 heteroatoms. The highest BCUT2D eigenvalue weighted by Gasteiger charge is 2.35. The van der Waals surface area contributed by atoms with E-state index in [1.807, 2.05) is 0 Å². The maximum atomic E-state index is 10.9. The van der Waals surface area contributed by atoms with Gasteiger partial charge in [-0.1, -0.05) is 32.6 Å². The maximum absolute atomic E-state index is 10.9. The van der Waals surface area contributed by atoms with Crippen molar-refractivity contribution in [3.63, 3.8) is 0 Å². The van der Waals surface area contributed by atoms with Gasteiger partial charge in [-0.05, 0) is 30.6 Å². The van der Waals surface area contributed by atoms with Crippen LogP contribution in [0.2, 0.25) is 0 Å². The second-order valence-electron chi connectivity index (χ2n) is 5.28. The van der Waals surface area contributed by atoms with Crippen LogP contribution in [-0.2, 0) is 4.79 Å². The summed E-state index contributed by atoms with van der Waals surface area (Å²) in [7, 11) is 0. The molecular formula is C13H22O. The third kappa shape index (κ3) is 2.18. The zero-order valence-corrected chi connectivity index (χ0v) is 9.30. The average Bonchev–Trinajstić information content (AvgIpc) is 2.15. The van der Waals surface area contributed by atoms with Crippen LogP contribution in [0, 0.1) is 17.8 Å². The molecule has 0 N–H and O–H groups in total. The van der Waals surface area contributed by atoms with Gasteiger partial charge in [-0.25, -0.2) is 0 Å². The van der Waals surface area contributed by atoms with Crippen molar-refractivity contribution in [1.29, 1.82) is 0 Å². The zero-order valence-electron chi connectivity index (χ0n) is 9.30. The van der Waals surface area contributed by atoms with E-state index >= 15 is 0 Å². The van der Waals surface area contributed by atoms with Gasteiger partial charge in [0.1, 0.15) is 5.78 Å². The van der Waals surface area contributed by atoms with Crippen LogP contribution in [0.1, 0.15) is 58.3 Å². The molecule has 0 saturated heterocycles. The SMILES string of the molecule is CCCC1CCC(C2CC(=O)C2)CC1. The normalized spacial score (nSPS) is 34.2. The summed E-state index contributed by atoms with van der Waals surface area (Å²) < 4.78 is 0. The van der Waals surface area contributed by atoms with Crippen LogP contribution in [0.5, 0.6) is 0 Å². The highest BCUT2D eigenvalue weighted by Crippen LogP contribution is 2.41. The highest BCUT2D eigenvalue weighted by atomic mass is 16.1.